The highest BCUT2D eigenvalue weighted by Gasteiger charge is 2.23. The average Bonchev–Trinajstić information content (AvgIpc) is 2.79. The van der Waals surface area contributed by atoms with Crippen molar-refractivity contribution >= 4 is 11.9 Å². The summed E-state index contributed by atoms with van der Waals surface area (Å²) in [6.07, 6.45) is 7.98. The minimum absolute atomic E-state index is 0.0276. The predicted molar refractivity (Wildman–Crippen MR) is 131 cm³/mol. The van der Waals surface area contributed by atoms with Crippen LogP contribution in [-0.2, 0) is 22.3 Å². The number of phenols is 4. The molecule has 192 valence electrons. The van der Waals surface area contributed by atoms with Gasteiger partial charge in [0.2, 0.25) is 0 Å². The molecule has 35 heavy (non-hydrogen) atoms. The lowest BCUT2D eigenvalue weighted by Gasteiger charge is -2.22. The van der Waals surface area contributed by atoms with Gasteiger partial charge in [-0.05, 0) is 61.8 Å². The van der Waals surface area contributed by atoms with E-state index in [-0.39, 0.29) is 40.2 Å². The summed E-state index contributed by atoms with van der Waals surface area (Å²) in [7, 11) is 1.25. The van der Waals surface area contributed by atoms with Crippen molar-refractivity contribution in [2.24, 2.45) is 0 Å². The van der Waals surface area contributed by atoms with E-state index < -0.39 is 11.9 Å². The molecule has 0 spiro atoms. The minimum Gasteiger partial charge on any atom is -0.508 e. The molecule has 8 heteroatoms. The normalized spacial score (nSPS) is 13.5. The number of benzene rings is 2. The first-order valence-corrected chi connectivity index (χ1v) is 12.1. The van der Waals surface area contributed by atoms with E-state index >= 15 is 0 Å². The molecule has 0 heterocycles. The number of rotatable bonds is 7. The van der Waals surface area contributed by atoms with E-state index in [4.69, 9.17) is 4.74 Å². The molecule has 0 saturated heterocycles. The van der Waals surface area contributed by atoms with Crippen LogP contribution in [0.25, 0.3) is 0 Å². The molecule has 8 nitrogen and oxygen atoms in total. The molecule has 1 saturated carbocycles. The second-order valence-electron chi connectivity index (χ2n) is 8.65. The monoisotopic (exact) mass is 488 g/mol. The van der Waals surface area contributed by atoms with Crippen LogP contribution in [0, 0.1) is 0 Å². The van der Waals surface area contributed by atoms with Gasteiger partial charge in [0.15, 0.2) is 0 Å². The van der Waals surface area contributed by atoms with E-state index in [1.54, 1.807) is 0 Å². The van der Waals surface area contributed by atoms with Gasteiger partial charge in [0, 0.05) is 12.1 Å². The summed E-state index contributed by atoms with van der Waals surface area (Å²) in [4.78, 5) is 23.7. The van der Waals surface area contributed by atoms with Gasteiger partial charge in [-0.25, -0.2) is 9.59 Å². The number of aryl methyl sites for hydroxylation is 2. The standard InChI is InChI=1S/C16H22O4.C11H14O4/c1-2-6-11-9-12(17)10-14(18)15(11)16(19)20-13-7-4-3-5-8-13;1-3-4-7-5-8(12)6-9(13)10(7)11(14)15-2/h9-10,13,17-18H,2-8H2,1H3;5-6,12-13H,3-4H2,1-2H3. The lowest BCUT2D eigenvalue weighted by molar-refractivity contribution is 0.0206. The molecule has 0 amide bonds. The fourth-order valence-electron chi connectivity index (χ4n) is 4.24. The zero-order valence-electron chi connectivity index (χ0n) is 20.7. The smallest absolute Gasteiger partial charge is 0.342 e. The number of hydrogen-bond donors (Lipinski definition) is 4. The highest BCUT2D eigenvalue weighted by Crippen LogP contribution is 2.31. The number of ether oxygens (including phenoxy) is 2. The topological polar surface area (TPSA) is 134 Å². The molecule has 1 aliphatic rings. The van der Waals surface area contributed by atoms with Gasteiger partial charge in [-0.2, -0.15) is 0 Å². The molecule has 2 aromatic carbocycles. The number of carbonyl (C=O) groups is 2. The van der Waals surface area contributed by atoms with Crippen molar-refractivity contribution in [3.05, 3.63) is 46.5 Å². The van der Waals surface area contributed by atoms with Gasteiger partial charge in [0.25, 0.3) is 0 Å². The van der Waals surface area contributed by atoms with E-state index in [2.05, 4.69) is 4.74 Å². The van der Waals surface area contributed by atoms with Gasteiger partial charge < -0.3 is 29.9 Å². The van der Waals surface area contributed by atoms with E-state index in [9.17, 15) is 30.0 Å². The molecule has 0 unspecified atom stereocenters. The van der Waals surface area contributed by atoms with Crippen LogP contribution in [0.5, 0.6) is 23.0 Å². The number of methoxy groups -OCH3 is 1. The highest BCUT2D eigenvalue weighted by atomic mass is 16.5. The number of aromatic hydroxyl groups is 4. The van der Waals surface area contributed by atoms with Gasteiger partial charge in [-0.15, -0.1) is 0 Å². The maximum Gasteiger partial charge on any atom is 0.342 e. The second-order valence-corrected chi connectivity index (χ2v) is 8.65. The van der Waals surface area contributed by atoms with Crippen molar-refractivity contribution in [1.29, 1.82) is 0 Å². The van der Waals surface area contributed by atoms with Crippen molar-refractivity contribution in [3.63, 3.8) is 0 Å². The van der Waals surface area contributed by atoms with Crippen LogP contribution in [-0.4, -0.2) is 45.6 Å². The molecule has 2 aromatic rings. The highest BCUT2D eigenvalue weighted by molar-refractivity contribution is 5.95. The van der Waals surface area contributed by atoms with E-state index in [1.165, 1.54) is 31.7 Å². The molecule has 0 aliphatic heterocycles. The average molecular weight is 489 g/mol. The largest absolute Gasteiger partial charge is 0.508 e. The van der Waals surface area contributed by atoms with Crippen molar-refractivity contribution in [2.45, 2.75) is 77.7 Å². The Morgan fingerprint density at radius 1 is 0.771 bits per heavy atom. The second kappa shape index (κ2) is 13.5. The van der Waals surface area contributed by atoms with E-state index in [1.807, 2.05) is 13.8 Å². The lowest BCUT2D eigenvalue weighted by atomic mass is 9.97. The van der Waals surface area contributed by atoms with Crippen LogP contribution in [0.4, 0.5) is 0 Å². The number of hydrogen-bond acceptors (Lipinski definition) is 8. The molecule has 0 radical (unpaired) electrons. The first kappa shape index (κ1) is 27.8. The van der Waals surface area contributed by atoms with Crippen LogP contribution in [0.2, 0.25) is 0 Å². The molecular weight excluding hydrogens is 452 g/mol. The number of esters is 2. The maximum atomic E-state index is 12.3. The molecule has 0 bridgehead atoms. The van der Waals surface area contributed by atoms with E-state index in [0.29, 0.717) is 24.0 Å². The Labute approximate surface area is 206 Å². The van der Waals surface area contributed by atoms with Gasteiger partial charge in [0.05, 0.1) is 7.11 Å². The summed E-state index contributed by atoms with van der Waals surface area (Å²) in [5, 5.41) is 38.3. The zero-order valence-corrected chi connectivity index (χ0v) is 20.7. The number of phenolic OH excluding ortho intramolecular Hbond substituents is 4. The third-order valence-corrected chi connectivity index (χ3v) is 5.83. The summed E-state index contributed by atoms with van der Waals surface area (Å²) >= 11 is 0. The van der Waals surface area contributed by atoms with Gasteiger partial charge >= 0.3 is 11.9 Å². The fourth-order valence-corrected chi connectivity index (χ4v) is 4.24. The lowest BCUT2D eigenvalue weighted by Crippen LogP contribution is -2.21. The SMILES string of the molecule is CCCc1cc(O)cc(O)c1C(=O)OC.CCCc1cc(O)cc(O)c1C(=O)OC1CCCCC1. The van der Waals surface area contributed by atoms with Gasteiger partial charge in [-0.3, -0.25) is 0 Å². The zero-order chi connectivity index (χ0) is 26.0. The summed E-state index contributed by atoms with van der Waals surface area (Å²) < 4.78 is 10.1. The molecular formula is C27H36O8. The minimum atomic E-state index is -0.587. The van der Waals surface area contributed by atoms with Crippen molar-refractivity contribution < 1.29 is 39.5 Å². The predicted octanol–water partition coefficient (Wildman–Crippen LogP) is 5.38. The number of carbonyl (C=O) groups excluding carboxylic acids is 2. The quantitative estimate of drug-likeness (QED) is 0.382. The summed E-state index contributed by atoms with van der Waals surface area (Å²) in [5.41, 5.74) is 1.58. The molecule has 3 rings (SSSR count). The van der Waals surface area contributed by atoms with Crippen LogP contribution < -0.4 is 0 Å². The van der Waals surface area contributed by atoms with Crippen molar-refractivity contribution in [2.75, 3.05) is 7.11 Å². The third kappa shape index (κ3) is 7.80. The van der Waals surface area contributed by atoms with Crippen molar-refractivity contribution in [1.82, 2.24) is 0 Å². The van der Waals surface area contributed by atoms with Crippen LogP contribution in [0.15, 0.2) is 24.3 Å². The Hall–Kier alpha value is -3.42. The van der Waals surface area contributed by atoms with Gasteiger partial charge in [0.1, 0.15) is 40.2 Å². The first-order valence-electron chi connectivity index (χ1n) is 12.1. The third-order valence-electron chi connectivity index (χ3n) is 5.83. The molecule has 0 aromatic heterocycles. The Kier molecular flexibility index (Phi) is 10.7. The van der Waals surface area contributed by atoms with Gasteiger partial charge in [-0.1, -0.05) is 33.1 Å². The Morgan fingerprint density at radius 3 is 1.66 bits per heavy atom. The molecule has 1 fully saturated rings. The first-order chi connectivity index (χ1) is 16.7. The van der Waals surface area contributed by atoms with Crippen molar-refractivity contribution in [3.8, 4) is 23.0 Å². The fraction of sp³-hybridized carbons (Fsp3) is 0.481. The van der Waals surface area contributed by atoms with Crippen LogP contribution >= 0.6 is 0 Å². The Morgan fingerprint density at radius 2 is 1.23 bits per heavy atom. The van der Waals surface area contributed by atoms with Crippen LogP contribution in [0.1, 0.15) is 90.6 Å². The van der Waals surface area contributed by atoms with Crippen LogP contribution in [0.3, 0.4) is 0 Å². The Bertz CT molecular complexity index is 1010. The summed E-state index contributed by atoms with van der Waals surface area (Å²) in [6.45, 7) is 3.93. The Balaban J connectivity index is 0.000000258. The summed E-state index contributed by atoms with van der Waals surface area (Å²) in [6, 6.07) is 5.32. The van der Waals surface area contributed by atoms with E-state index in [0.717, 1.165) is 44.6 Å². The summed E-state index contributed by atoms with van der Waals surface area (Å²) in [5.74, 6) is -1.59. The molecule has 0 atom stereocenters. The molecule has 4 N–H and O–H groups in total. The molecule has 1 aliphatic carbocycles. The maximum absolute atomic E-state index is 12.3.